The molecule has 5 nitrogen and oxygen atoms in total. The van der Waals surface area contributed by atoms with Gasteiger partial charge < -0.3 is 15.0 Å². The molecule has 5 heteroatoms. The molecular weight excluding hydrogens is 292 g/mol. The van der Waals surface area contributed by atoms with Gasteiger partial charge in [-0.05, 0) is 12.5 Å². The quantitative estimate of drug-likeness (QED) is 0.621. The van der Waals surface area contributed by atoms with E-state index >= 15 is 0 Å². The highest BCUT2D eigenvalue weighted by Crippen LogP contribution is 2.30. The number of benzene rings is 1. The van der Waals surface area contributed by atoms with E-state index in [2.05, 4.69) is 18.5 Å². The van der Waals surface area contributed by atoms with Crippen LogP contribution in [0.25, 0.3) is 0 Å². The first-order chi connectivity index (χ1) is 11.1. The van der Waals surface area contributed by atoms with Crippen LogP contribution in [0.2, 0.25) is 0 Å². The average molecular weight is 314 g/mol. The van der Waals surface area contributed by atoms with Gasteiger partial charge in [-0.25, -0.2) is 4.79 Å². The molecule has 0 aromatic heterocycles. The minimum atomic E-state index is -0.529. The first-order valence-corrected chi connectivity index (χ1v) is 7.59. The fourth-order valence-electron chi connectivity index (χ4n) is 2.77. The molecule has 0 aliphatic carbocycles. The first kappa shape index (κ1) is 16.8. The van der Waals surface area contributed by atoms with Crippen LogP contribution in [0.3, 0.4) is 0 Å². The lowest BCUT2D eigenvalue weighted by atomic mass is 9.82. The molecule has 0 radical (unpaired) electrons. The number of β-lactam (4-membered cyclic amide) rings is 1. The molecule has 0 saturated carbocycles. The monoisotopic (exact) mass is 314 g/mol. The molecule has 1 N–H and O–H groups in total. The summed E-state index contributed by atoms with van der Waals surface area (Å²) in [7, 11) is 0. The Balaban J connectivity index is 1.85. The zero-order chi connectivity index (χ0) is 16.8. The fourth-order valence-corrected chi connectivity index (χ4v) is 2.77. The number of hydrogen-bond donors (Lipinski definition) is 1. The lowest BCUT2D eigenvalue weighted by Gasteiger charge is -2.47. The molecule has 23 heavy (non-hydrogen) atoms. The topological polar surface area (TPSA) is 58.6 Å². The molecule has 2 rings (SSSR count). The van der Waals surface area contributed by atoms with Gasteiger partial charge in [0.15, 0.2) is 0 Å². The van der Waals surface area contributed by atoms with Crippen LogP contribution in [0.15, 0.2) is 55.6 Å². The Morgan fingerprint density at radius 1 is 1.39 bits per heavy atom. The molecule has 0 unspecified atom stereocenters. The van der Waals surface area contributed by atoms with Gasteiger partial charge in [-0.1, -0.05) is 42.5 Å². The number of alkyl carbamates (subject to hydrolysis) is 1. The van der Waals surface area contributed by atoms with Crippen LogP contribution in [-0.4, -0.2) is 35.5 Å². The third-order valence-electron chi connectivity index (χ3n) is 3.96. The molecule has 1 heterocycles. The van der Waals surface area contributed by atoms with Gasteiger partial charge in [0.1, 0.15) is 6.61 Å². The number of likely N-dealkylation sites (tertiary alicyclic amines) is 1. The van der Waals surface area contributed by atoms with Crippen molar-refractivity contribution in [3.8, 4) is 0 Å². The molecule has 1 fully saturated rings. The third-order valence-corrected chi connectivity index (χ3v) is 3.96. The molecule has 1 aliphatic rings. The van der Waals surface area contributed by atoms with E-state index < -0.39 is 6.09 Å². The molecule has 0 bridgehead atoms. The van der Waals surface area contributed by atoms with Crippen LogP contribution in [0, 0.1) is 5.92 Å². The molecule has 2 amide bonds. The van der Waals surface area contributed by atoms with Crippen molar-refractivity contribution in [2.45, 2.75) is 25.6 Å². The SMILES string of the molecule is C=CCN1C(=O)[C@H]([C@H](C)NC(=O)OCc2ccccc2)[C@H]1C=C. The summed E-state index contributed by atoms with van der Waals surface area (Å²) >= 11 is 0. The average Bonchev–Trinajstić information content (AvgIpc) is 2.56. The Kier molecular flexibility index (Phi) is 5.57. The van der Waals surface area contributed by atoms with E-state index in [1.807, 2.05) is 30.3 Å². The van der Waals surface area contributed by atoms with Crippen LogP contribution < -0.4 is 5.32 Å². The van der Waals surface area contributed by atoms with E-state index in [1.165, 1.54) is 0 Å². The molecule has 1 saturated heterocycles. The van der Waals surface area contributed by atoms with Crippen LogP contribution >= 0.6 is 0 Å². The molecule has 1 aromatic rings. The summed E-state index contributed by atoms with van der Waals surface area (Å²) in [6.45, 7) is 9.89. The third kappa shape index (κ3) is 3.80. The maximum atomic E-state index is 12.2. The van der Waals surface area contributed by atoms with Gasteiger partial charge in [0, 0.05) is 12.6 Å². The summed E-state index contributed by atoms with van der Waals surface area (Å²) in [5.74, 6) is -0.317. The zero-order valence-corrected chi connectivity index (χ0v) is 13.3. The molecule has 3 atom stereocenters. The van der Waals surface area contributed by atoms with Gasteiger partial charge in [-0.15, -0.1) is 13.2 Å². The van der Waals surface area contributed by atoms with E-state index in [1.54, 1.807) is 24.0 Å². The summed E-state index contributed by atoms with van der Waals surface area (Å²) in [6.07, 6.45) is 2.87. The summed E-state index contributed by atoms with van der Waals surface area (Å²) in [6, 6.07) is 9.02. The second-order valence-electron chi connectivity index (χ2n) is 5.53. The molecule has 122 valence electrons. The molecular formula is C18H22N2O3. The van der Waals surface area contributed by atoms with Crippen molar-refractivity contribution in [1.82, 2.24) is 10.2 Å². The van der Waals surface area contributed by atoms with Crippen molar-refractivity contribution < 1.29 is 14.3 Å². The Morgan fingerprint density at radius 2 is 2.09 bits per heavy atom. The highest BCUT2D eigenvalue weighted by molar-refractivity contribution is 5.88. The number of nitrogens with zero attached hydrogens (tertiary/aromatic N) is 1. The summed E-state index contributed by atoms with van der Waals surface area (Å²) in [5, 5.41) is 2.73. The van der Waals surface area contributed by atoms with E-state index in [0.717, 1.165) is 5.56 Å². The van der Waals surface area contributed by atoms with Gasteiger partial charge >= 0.3 is 6.09 Å². The zero-order valence-electron chi connectivity index (χ0n) is 13.3. The van der Waals surface area contributed by atoms with Crippen molar-refractivity contribution in [3.63, 3.8) is 0 Å². The normalized spacial score (nSPS) is 21.1. The summed E-state index contributed by atoms with van der Waals surface area (Å²) in [5.41, 5.74) is 0.913. The van der Waals surface area contributed by atoms with Crippen molar-refractivity contribution in [2.24, 2.45) is 5.92 Å². The highest BCUT2D eigenvalue weighted by atomic mass is 16.5. The minimum Gasteiger partial charge on any atom is -0.445 e. The smallest absolute Gasteiger partial charge is 0.407 e. The lowest BCUT2D eigenvalue weighted by Crippen LogP contribution is -2.65. The second kappa shape index (κ2) is 7.63. The first-order valence-electron chi connectivity index (χ1n) is 7.59. The summed E-state index contributed by atoms with van der Waals surface area (Å²) in [4.78, 5) is 25.7. The standard InChI is InChI=1S/C18H22N2O3/c1-4-11-20-15(5-2)16(17(20)21)13(3)19-18(22)23-12-14-9-7-6-8-10-14/h4-10,13,15-16H,1-2,11-12H2,3H3,(H,19,22)/t13-,15+,16+/m0/s1. The van der Waals surface area contributed by atoms with Crippen LogP contribution in [0.4, 0.5) is 4.79 Å². The van der Waals surface area contributed by atoms with Crippen LogP contribution in [0.1, 0.15) is 12.5 Å². The van der Waals surface area contributed by atoms with Crippen molar-refractivity contribution in [1.29, 1.82) is 0 Å². The van der Waals surface area contributed by atoms with Crippen LogP contribution in [-0.2, 0) is 16.1 Å². The van der Waals surface area contributed by atoms with Gasteiger partial charge in [-0.2, -0.15) is 0 Å². The number of nitrogens with one attached hydrogen (secondary N) is 1. The summed E-state index contributed by atoms with van der Waals surface area (Å²) < 4.78 is 5.18. The number of carbonyl (C=O) groups excluding carboxylic acids is 2. The molecule has 0 spiro atoms. The second-order valence-corrected chi connectivity index (χ2v) is 5.53. The van der Waals surface area contributed by atoms with Gasteiger partial charge in [0.25, 0.3) is 0 Å². The number of ether oxygens (including phenoxy) is 1. The number of carbonyl (C=O) groups is 2. The van der Waals surface area contributed by atoms with E-state index in [9.17, 15) is 9.59 Å². The lowest BCUT2D eigenvalue weighted by molar-refractivity contribution is -0.153. The van der Waals surface area contributed by atoms with E-state index in [0.29, 0.717) is 6.54 Å². The number of amides is 2. The maximum absolute atomic E-state index is 12.2. The molecule has 1 aliphatic heterocycles. The van der Waals surface area contributed by atoms with Crippen molar-refractivity contribution >= 4 is 12.0 Å². The van der Waals surface area contributed by atoms with E-state index in [4.69, 9.17) is 4.74 Å². The van der Waals surface area contributed by atoms with Crippen molar-refractivity contribution in [3.05, 3.63) is 61.2 Å². The van der Waals surface area contributed by atoms with E-state index in [-0.39, 0.29) is 30.5 Å². The van der Waals surface area contributed by atoms with Crippen LogP contribution in [0.5, 0.6) is 0 Å². The van der Waals surface area contributed by atoms with Crippen molar-refractivity contribution in [2.75, 3.05) is 6.54 Å². The Bertz CT molecular complexity index is 585. The Hall–Kier alpha value is -2.56. The Morgan fingerprint density at radius 3 is 2.70 bits per heavy atom. The number of hydrogen-bond acceptors (Lipinski definition) is 3. The van der Waals surface area contributed by atoms with Gasteiger partial charge in [0.2, 0.25) is 5.91 Å². The predicted molar refractivity (Wildman–Crippen MR) is 88.6 cm³/mol. The largest absolute Gasteiger partial charge is 0.445 e. The predicted octanol–water partition coefficient (Wildman–Crippen LogP) is 2.50. The van der Waals surface area contributed by atoms with Gasteiger partial charge in [-0.3, -0.25) is 4.79 Å². The highest BCUT2D eigenvalue weighted by Gasteiger charge is 2.48. The fraction of sp³-hybridized carbons (Fsp3) is 0.333. The minimum absolute atomic E-state index is 0.00865. The molecule has 1 aromatic carbocycles. The van der Waals surface area contributed by atoms with Gasteiger partial charge in [0.05, 0.1) is 12.0 Å². The maximum Gasteiger partial charge on any atom is 0.407 e. The Labute approximate surface area is 136 Å². The number of rotatable bonds is 7.